The zero-order valence-electron chi connectivity index (χ0n) is 27.3. The van der Waals surface area contributed by atoms with Crippen LogP contribution in [0.1, 0.15) is 62.6 Å². The number of aliphatic carboxylic acids is 2. The smallest absolute Gasteiger partial charge is 0.311 e. The van der Waals surface area contributed by atoms with E-state index >= 15 is 0 Å². The van der Waals surface area contributed by atoms with Gasteiger partial charge in [0.15, 0.2) is 0 Å². The lowest BCUT2D eigenvalue weighted by Gasteiger charge is -2.56. The Morgan fingerprint density at radius 1 is 0.894 bits per heavy atom. The van der Waals surface area contributed by atoms with Gasteiger partial charge in [-0.25, -0.2) is 0 Å². The van der Waals surface area contributed by atoms with Gasteiger partial charge in [-0.2, -0.15) is 0 Å². The number of nitrogens with zero attached hydrogens (tertiary/aromatic N) is 2. The molecule has 4 unspecified atom stereocenters. The summed E-state index contributed by atoms with van der Waals surface area (Å²) in [6.07, 6.45) is 1.96. The van der Waals surface area contributed by atoms with Crippen LogP contribution in [0.4, 0.5) is 5.69 Å². The molecule has 0 aliphatic carbocycles. The highest BCUT2D eigenvalue weighted by Gasteiger charge is 2.65. The maximum absolute atomic E-state index is 13.3. The average Bonchev–Trinajstić information content (AvgIpc) is 3.07. The van der Waals surface area contributed by atoms with Gasteiger partial charge in [-0.3, -0.25) is 19.7 Å². The van der Waals surface area contributed by atoms with Crippen LogP contribution in [-0.4, -0.2) is 76.9 Å². The first-order valence-electron chi connectivity index (χ1n) is 16.3. The van der Waals surface area contributed by atoms with Crippen molar-refractivity contribution in [3.8, 4) is 0 Å². The van der Waals surface area contributed by atoms with Crippen molar-refractivity contribution in [3.63, 3.8) is 0 Å². The van der Waals surface area contributed by atoms with Crippen LogP contribution in [0.15, 0.2) is 84.9 Å². The normalized spacial score (nSPS) is 27.6. The Kier molecular flexibility index (Phi) is 10.1. The fraction of sp³-hybridized carbons (Fsp3) is 0.459. The number of hydrogen-bond acceptors (Lipinski definition) is 7. The topological polar surface area (TPSA) is 142 Å². The molecule has 10 heteroatoms. The van der Waals surface area contributed by atoms with E-state index in [0.717, 1.165) is 25.9 Å². The minimum atomic E-state index is -1.61. The van der Waals surface area contributed by atoms with Crippen LogP contribution in [0.5, 0.6) is 0 Å². The van der Waals surface area contributed by atoms with Crippen LogP contribution in [-0.2, 0) is 19.7 Å². The van der Waals surface area contributed by atoms with Crippen LogP contribution in [0.2, 0.25) is 0 Å². The van der Waals surface area contributed by atoms with E-state index in [-0.39, 0.29) is 24.1 Å². The minimum absolute atomic E-state index is 0.0323. The Labute approximate surface area is 275 Å². The quantitative estimate of drug-likeness (QED) is 0.129. The maximum Gasteiger partial charge on any atom is 0.311 e. The molecule has 0 aromatic heterocycles. The molecule has 5 atom stereocenters. The summed E-state index contributed by atoms with van der Waals surface area (Å²) in [5.41, 5.74) is -0.500. The molecular formula is C37H45N3O7. The van der Waals surface area contributed by atoms with Crippen LogP contribution >= 0.6 is 0 Å². The third kappa shape index (κ3) is 6.29. The fourth-order valence-corrected chi connectivity index (χ4v) is 8.23. The molecule has 3 N–H and O–H groups in total. The average molecular weight is 644 g/mol. The Bertz CT molecular complexity index is 1520. The molecule has 2 aliphatic rings. The first kappa shape index (κ1) is 34.2. The van der Waals surface area contributed by atoms with E-state index < -0.39 is 45.7 Å². The number of carbonyl (C=O) groups is 2. The van der Waals surface area contributed by atoms with Crippen molar-refractivity contribution in [2.45, 2.75) is 63.5 Å². The summed E-state index contributed by atoms with van der Waals surface area (Å²) in [6.45, 7) is 7.95. The number of nitro groups is 1. The van der Waals surface area contributed by atoms with E-state index in [1.807, 2.05) is 12.1 Å². The van der Waals surface area contributed by atoms with Crippen molar-refractivity contribution >= 4 is 17.6 Å². The molecule has 3 aromatic carbocycles. The van der Waals surface area contributed by atoms with Gasteiger partial charge < -0.3 is 25.2 Å². The van der Waals surface area contributed by atoms with Gasteiger partial charge in [-0.1, -0.05) is 72.8 Å². The molecule has 250 valence electrons. The molecule has 2 aliphatic heterocycles. The molecule has 47 heavy (non-hydrogen) atoms. The second-order valence-corrected chi connectivity index (χ2v) is 13.3. The van der Waals surface area contributed by atoms with Gasteiger partial charge in [0, 0.05) is 48.7 Å². The summed E-state index contributed by atoms with van der Waals surface area (Å²) in [4.78, 5) is 39.6. The molecule has 0 amide bonds. The molecule has 2 heterocycles. The molecule has 0 radical (unpaired) electrons. The molecule has 0 spiro atoms. The van der Waals surface area contributed by atoms with Gasteiger partial charge in [0.25, 0.3) is 5.69 Å². The number of nitrogens with one attached hydrogen (secondary N) is 1. The molecule has 0 saturated carbocycles. The number of ether oxygens (including phenoxy) is 1. The molecule has 5 rings (SSSR count). The van der Waals surface area contributed by atoms with Gasteiger partial charge >= 0.3 is 11.9 Å². The number of benzene rings is 3. The van der Waals surface area contributed by atoms with E-state index in [2.05, 4.69) is 58.7 Å². The maximum atomic E-state index is 13.3. The highest BCUT2D eigenvalue weighted by atomic mass is 16.6. The SMILES string of the molecule is CC1NC(C)C(CCOCCN2CCC(c3ccccc3)(c3ccccc3)CC2)(C(=O)O)[C@H](c2cccc([N+](=O)[O-])c2)C1(C)C(=O)O. The van der Waals surface area contributed by atoms with Gasteiger partial charge in [-0.05, 0) is 69.8 Å². The predicted octanol–water partition coefficient (Wildman–Crippen LogP) is 5.71. The third-order valence-corrected chi connectivity index (χ3v) is 11.1. The minimum Gasteiger partial charge on any atom is -0.481 e. The van der Waals surface area contributed by atoms with Gasteiger partial charge in [0.1, 0.15) is 0 Å². The lowest BCUT2D eigenvalue weighted by molar-refractivity contribution is -0.385. The van der Waals surface area contributed by atoms with Gasteiger partial charge in [0.05, 0.1) is 22.4 Å². The summed E-state index contributed by atoms with van der Waals surface area (Å²) in [6, 6.07) is 25.8. The summed E-state index contributed by atoms with van der Waals surface area (Å²) in [7, 11) is 0. The van der Waals surface area contributed by atoms with Crippen LogP contribution < -0.4 is 5.32 Å². The van der Waals surface area contributed by atoms with Gasteiger partial charge in [0.2, 0.25) is 0 Å². The number of carboxylic acid groups (broad SMARTS) is 2. The van der Waals surface area contributed by atoms with Gasteiger partial charge in [-0.15, -0.1) is 0 Å². The summed E-state index contributed by atoms with van der Waals surface area (Å²) >= 11 is 0. The van der Waals surface area contributed by atoms with Crippen LogP contribution in [0.25, 0.3) is 0 Å². The first-order valence-corrected chi connectivity index (χ1v) is 16.3. The van der Waals surface area contributed by atoms with E-state index in [9.17, 15) is 29.9 Å². The second-order valence-electron chi connectivity index (χ2n) is 13.3. The van der Waals surface area contributed by atoms with Crippen molar-refractivity contribution < 1.29 is 29.5 Å². The number of non-ortho nitro benzene ring substituents is 1. The largest absolute Gasteiger partial charge is 0.481 e. The van der Waals surface area contributed by atoms with Crippen molar-refractivity contribution in [2.24, 2.45) is 10.8 Å². The number of nitro benzene ring substituents is 1. The Balaban J connectivity index is 1.30. The lowest BCUT2D eigenvalue weighted by Crippen LogP contribution is -2.69. The third-order valence-electron chi connectivity index (χ3n) is 11.1. The standard InChI is InChI=1S/C37H45N3O7/c1-26-35(3,33(41)42)32(28-11-10-16-31(25-28)40(45)46)37(34(43)44,27(2)38-26)19-23-47-24-22-39-20-17-36(18-21-39,29-12-6-4-7-13-29)30-14-8-5-9-15-30/h4-16,25-27,32,38H,17-24H2,1-3H3,(H,41,42)(H,43,44)/t26?,27?,32-,35?,37?/m1/s1. The first-order chi connectivity index (χ1) is 22.5. The fourth-order valence-electron chi connectivity index (χ4n) is 8.23. The van der Waals surface area contributed by atoms with Crippen molar-refractivity contribution in [2.75, 3.05) is 32.8 Å². The van der Waals surface area contributed by atoms with Crippen molar-refractivity contribution in [3.05, 3.63) is 112 Å². The number of piperidine rings is 2. The van der Waals surface area contributed by atoms with Crippen molar-refractivity contribution in [1.82, 2.24) is 10.2 Å². The number of carboxylic acids is 2. The van der Waals surface area contributed by atoms with Crippen LogP contribution in [0, 0.1) is 20.9 Å². The second kappa shape index (κ2) is 13.9. The molecular weight excluding hydrogens is 598 g/mol. The summed E-state index contributed by atoms with van der Waals surface area (Å²) < 4.78 is 6.10. The summed E-state index contributed by atoms with van der Waals surface area (Å²) in [5.74, 6) is -3.39. The van der Waals surface area contributed by atoms with E-state index in [1.165, 1.54) is 36.2 Å². The van der Waals surface area contributed by atoms with E-state index in [1.54, 1.807) is 19.9 Å². The predicted molar refractivity (Wildman–Crippen MR) is 178 cm³/mol. The van der Waals surface area contributed by atoms with Crippen molar-refractivity contribution in [1.29, 1.82) is 0 Å². The highest BCUT2D eigenvalue weighted by molar-refractivity contribution is 5.84. The zero-order chi connectivity index (χ0) is 33.8. The number of rotatable bonds is 12. The summed E-state index contributed by atoms with van der Waals surface area (Å²) in [5, 5.41) is 36.2. The molecule has 2 saturated heterocycles. The molecule has 0 bridgehead atoms. The Hall–Kier alpha value is -4.12. The Morgan fingerprint density at radius 2 is 1.49 bits per heavy atom. The van der Waals surface area contributed by atoms with E-state index in [0.29, 0.717) is 18.7 Å². The van der Waals surface area contributed by atoms with Crippen LogP contribution in [0.3, 0.4) is 0 Å². The zero-order valence-corrected chi connectivity index (χ0v) is 27.3. The lowest BCUT2D eigenvalue weighted by atomic mass is 9.51. The van der Waals surface area contributed by atoms with E-state index in [4.69, 9.17) is 4.74 Å². The number of hydrogen-bond donors (Lipinski definition) is 3. The number of likely N-dealkylation sites (tertiary alicyclic amines) is 1. The highest BCUT2D eigenvalue weighted by Crippen LogP contribution is 2.57. The monoisotopic (exact) mass is 643 g/mol. The molecule has 10 nitrogen and oxygen atoms in total. The Morgan fingerprint density at radius 3 is 2.02 bits per heavy atom. The molecule has 2 fully saturated rings. The molecule has 3 aromatic rings.